The Kier molecular flexibility index (Phi) is 4.61. The predicted octanol–water partition coefficient (Wildman–Crippen LogP) is 3.13. The zero-order valence-corrected chi connectivity index (χ0v) is 19.5. The minimum atomic E-state index is -1.05. The summed E-state index contributed by atoms with van der Waals surface area (Å²) in [5, 5.41) is 2.66. The molecule has 5 heterocycles. The molecule has 3 aliphatic carbocycles. The van der Waals surface area contributed by atoms with Crippen LogP contribution in [0.15, 0.2) is 35.5 Å². The van der Waals surface area contributed by atoms with Gasteiger partial charge in [-0.1, -0.05) is 0 Å². The summed E-state index contributed by atoms with van der Waals surface area (Å²) in [7, 11) is 0. The number of amides is 1. The molecule has 0 aromatic carbocycles. The zero-order valence-electron chi connectivity index (χ0n) is 19.5. The molecular formula is C25H25F2N5O4. The summed E-state index contributed by atoms with van der Waals surface area (Å²) in [6.45, 7) is -0.113. The number of halogens is 2. The second-order valence-corrected chi connectivity index (χ2v) is 10.6. The number of anilines is 1. The van der Waals surface area contributed by atoms with E-state index in [1.54, 1.807) is 22.9 Å². The highest BCUT2D eigenvalue weighted by atomic mass is 19.1. The number of alkyl halides is 2. The first kappa shape index (κ1) is 21.9. The lowest BCUT2D eigenvalue weighted by atomic mass is 9.61. The van der Waals surface area contributed by atoms with Crippen molar-refractivity contribution in [3.63, 3.8) is 0 Å². The molecule has 5 aliphatic rings. The Morgan fingerprint density at radius 2 is 2.08 bits per heavy atom. The van der Waals surface area contributed by atoms with Crippen molar-refractivity contribution in [2.45, 2.75) is 67.9 Å². The molecule has 2 bridgehead atoms. The van der Waals surface area contributed by atoms with E-state index >= 15 is 0 Å². The van der Waals surface area contributed by atoms with Gasteiger partial charge in [-0.25, -0.2) is 13.8 Å². The zero-order chi connectivity index (χ0) is 24.7. The van der Waals surface area contributed by atoms with Crippen LogP contribution in [-0.4, -0.2) is 56.0 Å². The first-order valence-corrected chi connectivity index (χ1v) is 12.3. The Balaban J connectivity index is 1.22. The van der Waals surface area contributed by atoms with E-state index in [9.17, 15) is 18.4 Å². The minimum absolute atomic E-state index is 0.0372. The van der Waals surface area contributed by atoms with E-state index in [-0.39, 0.29) is 28.6 Å². The van der Waals surface area contributed by atoms with Crippen LogP contribution in [-0.2, 0) is 10.2 Å². The van der Waals surface area contributed by atoms with Gasteiger partial charge in [-0.2, -0.15) is 4.98 Å². The van der Waals surface area contributed by atoms with Crippen LogP contribution in [0.1, 0.15) is 60.6 Å². The van der Waals surface area contributed by atoms with Gasteiger partial charge >= 0.3 is 0 Å². The molecule has 0 radical (unpaired) electrons. The average molecular weight is 498 g/mol. The maximum atomic E-state index is 13.5. The summed E-state index contributed by atoms with van der Waals surface area (Å²) in [4.78, 5) is 35.4. The number of imidazole rings is 1. The highest BCUT2D eigenvalue weighted by Gasteiger charge is 2.64. The second-order valence-electron chi connectivity index (χ2n) is 10.6. The molecule has 0 spiro atoms. The standard InChI is InChI=1S/C25H25F2N5O4/c26-12-25-10-24(11-25,13-35-25)19-9-31-8-15(21(30-23(31)29-19)36-14-3-1-4-14)20(33)28-17-5-2-6-32(22(17)34)18-7-16(18)27/h2,5-6,8-9,14,16,18H,1,3-4,7,10-13H2,(H,28,33). The molecule has 2 unspecified atom stereocenters. The van der Waals surface area contributed by atoms with Gasteiger partial charge in [0, 0.05) is 30.4 Å². The van der Waals surface area contributed by atoms with Crippen LogP contribution in [0.5, 0.6) is 5.88 Å². The maximum absolute atomic E-state index is 13.5. The Morgan fingerprint density at radius 1 is 1.28 bits per heavy atom. The number of fused-ring (bicyclic) bond motifs is 2. The molecule has 188 valence electrons. The predicted molar refractivity (Wildman–Crippen MR) is 124 cm³/mol. The molecule has 9 nitrogen and oxygen atoms in total. The van der Waals surface area contributed by atoms with Crippen LogP contribution in [0.2, 0.25) is 0 Å². The van der Waals surface area contributed by atoms with E-state index in [4.69, 9.17) is 9.47 Å². The van der Waals surface area contributed by atoms with Crippen LogP contribution in [0, 0.1) is 0 Å². The fourth-order valence-electron chi connectivity index (χ4n) is 5.62. The summed E-state index contributed by atoms with van der Waals surface area (Å²) >= 11 is 0. The number of pyridine rings is 1. The Labute approximate surface area is 204 Å². The molecule has 36 heavy (non-hydrogen) atoms. The Hall–Kier alpha value is -3.34. The molecular weight excluding hydrogens is 472 g/mol. The Morgan fingerprint density at radius 3 is 2.75 bits per heavy atom. The molecule has 2 aliphatic heterocycles. The highest BCUT2D eigenvalue weighted by Crippen LogP contribution is 2.58. The van der Waals surface area contributed by atoms with Crippen molar-refractivity contribution < 1.29 is 23.0 Å². The number of rotatable bonds is 7. The van der Waals surface area contributed by atoms with E-state index in [0.29, 0.717) is 31.6 Å². The van der Waals surface area contributed by atoms with Crippen LogP contribution < -0.4 is 15.6 Å². The van der Waals surface area contributed by atoms with Gasteiger partial charge in [-0.05, 0) is 44.2 Å². The monoisotopic (exact) mass is 497 g/mol. The van der Waals surface area contributed by atoms with Crippen molar-refractivity contribution in [2.75, 3.05) is 18.6 Å². The second kappa shape index (κ2) is 7.58. The van der Waals surface area contributed by atoms with Gasteiger partial charge < -0.3 is 19.4 Å². The van der Waals surface area contributed by atoms with Gasteiger partial charge in [-0.15, -0.1) is 0 Å². The number of carbonyl (C=O) groups excluding carboxylic acids is 1. The van der Waals surface area contributed by atoms with Crippen molar-refractivity contribution in [3.8, 4) is 5.88 Å². The summed E-state index contributed by atoms with van der Waals surface area (Å²) in [6, 6.07) is 2.61. The topological polar surface area (TPSA) is 99.8 Å². The third-order valence-electron chi connectivity index (χ3n) is 8.01. The molecule has 1 amide bonds. The molecule has 11 heteroatoms. The normalized spacial score (nSPS) is 30.6. The number of ether oxygens (including phenoxy) is 2. The third-order valence-corrected chi connectivity index (χ3v) is 8.01. The van der Waals surface area contributed by atoms with Gasteiger partial charge in [0.15, 0.2) is 0 Å². The van der Waals surface area contributed by atoms with Crippen molar-refractivity contribution >= 4 is 17.4 Å². The van der Waals surface area contributed by atoms with Crippen molar-refractivity contribution in [1.82, 2.24) is 18.9 Å². The summed E-state index contributed by atoms with van der Waals surface area (Å²) in [5.74, 6) is -0.0328. The molecule has 3 aromatic rings. The first-order valence-electron chi connectivity index (χ1n) is 12.3. The number of nitrogens with zero attached hydrogens (tertiary/aromatic N) is 4. The lowest BCUT2D eigenvalue weighted by Gasteiger charge is -2.41. The van der Waals surface area contributed by atoms with Crippen LogP contribution in [0.25, 0.3) is 5.78 Å². The van der Waals surface area contributed by atoms with Crippen molar-refractivity contribution in [2.24, 2.45) is 0 Å². The summed E-state index contributed by atoms with van der Waals surface area (Å²) in [6.07, 6.45) is 8.04. The molecule has 3 saturated carbocycles. The van der Waals surface area contributed by atoms with E-state index in [1.807, 2.05) is 0 Å². The Bertz CT molecular complexity index is 1440. The number of hydrogen-bond acceptors (Lipinski definition) is 6. The van der Waals surface area contributed by atoms with Gasteiger partial charge in [-0.3, -0.25) is 14.0 Å². The third kappa shape index (κ3) is 3.28. The van der Waals surface area contributed by atoms with E-state index in [1.165, 1.54) is 16.8 Å². The van der Waals surface area contributed by atoms with Gasteiger partial charge in [0.25, 0.3) is 11.5 Å². The summed E-state index contributed by atoms with van der Waals surface area (Å²) < 4.78 is 41.6. The van der Waals surface area contributed by atoms with Crippen LogP contribution >= 0.6 is 0 Å². The molecule has 1 N–H and O–H groups in total. The number of hydrogen-bond donors (Lipinski definition) is 1. The van der Waals surface area contributed by atoms with E-state index in [2.05, 4.69) is 15.3 Å². The quantitative estimate of drug-likeness (QED) is 0.539. The molecule has 2 atom stereocenters. The molecule has 3 aromatic heterocycles. The lowest BCUT2D eigenvalue weighted by Crippen LogP contribution is -2.48. The minimum Gasteiger partial charge on any atom is -0.474 e. The lowest BCUT2D eigenvalue weighted by molar-refractivity contribution is -0.0235. The smallest absolute Gasteiger partial charge is 0.274 e. The molecule has 8 rings (SSSR count). The van der Waals surface area contributed by atoms with E-state index in [0.717, 1.165) is 25.0 Å². The van der Waals surface area contributed by atoms with Crippen molar-refractivity contribution in [1.29, 1.82) is 0 Å². The van der Waals surface area contributed by atoms with Crippen molar-refractivity contribution in [3.05, 3.63) is 52.3 Å². The molecule has 2 saturated heterocycles. The fraction of sp³-hybridized carbons (Fsp3) is 0.520. The number of carbonyl (C=O) groups is 1. The number of nitrogens with one attached hydrogen (secondary N) is 1. The van der Waals surface area contributed by atoms with Gasteiger partial charge in [0.05, 0.1) is 23.9 Å². The SMILES string of the molecule is O=C(Nc1cccn(C2CC2F)c1=O)c1cn2cc(C34COC(CF)(C3)C4)nc2nc1OC1CCC1. The van der Waals surface area contributed by atoms with E-state index < -0.39 is 36.0 Å². The number of aromatic nitrogens is 4. The maximum Gasteiger partial charge on any atom is 0.274 e. The largest absolute Gasteiger partial charge is 0.474 e. The van der Waals surface area contributed by atoms with Gasteiger partial charge in [0.1, 0.15) is 30.2 Å². The summed E-state index contributed by atoms with van der Waals surface area (Å²) in [5.41, 5.74) is -0.532. The molecule has 5 fully saturated rings. The van der Waals surface area contributed by atoms with Gasteiger partial charge in [0.2, 0.25) is 11.7 Å². The first-order chi connectivity index (χ1) is 17.4. The fourth-order valence-corrected chi connectivity index (χ4v) is 5.62. The highest BCUT2D eigenvalue weighted by molar-refractivity contribution is 6.05. The van der Waals surface area contributed by atoms with Crippen LogP contribution in [0.3, 0.4) is 0 Å². The average Bonchev–Trinajstić information content (AvgIpc) is 3.17. The van der Waals surface area contributed by atoms with Crippen LogP contribution in [0.4, 0.5) is 14.5 Å².